The van der Waals surface area contributed by atoms with Crippen molar-refractivity contribution in [2.24, 2.45) is 11.8 Å². The first kappa shape index (κ1) is 7.01. The zero-order valence-corrected chi connectivity index (χ0v) is 8.45. The van der Waals surface area contributed by atoms with Crippen molar-refractivity contribution in [3.8, 4) is 0 Å². The summed E-state index contributed by atoms with van der Waals surface area (Å²) in [5.41, 5.74) is 2.31. The molecule has 1 unspecified atom stereocenters. The standard InChI is InChI=1S/C12H13P/c1-2-4-8(5-3-1)13-11-6-9(11)10-7-12(10)13/h1-5,9-12H,6-7H2/t9-,10+,11-,12+,13?. The molecule has 66 valence electrons. The van der Waals surface area contributed by atoms with E-state index in [1.807, 2.05) is 0 Å². The van der Waals surface area contributed by atoms with E-state index in [2.05, 4.69) is 30.3 Å². The van der Waals surface area contributed by atoms with Gasteiger partial charge in [-0.05, 0) is 41.3 Å². The third-order valence-electron chi connectivity index (χ3n) is 3.93. The fraction of sp³-hybridized carbons (Fsp3) is 0.500. The Morgan fingerprint density at radius 1 is 0.923 bits per heavy atom. The first-order valence-electron chi connectivity index (χ1n) is 5.28. The van der Waals surface area contributed by atoms with Gasteiger partial charge in [0.15, 0.2) is 0 Å². The van der Waals surface area contributed by atoms with Crippen molar-refractivity contribution in [3.63, 3.8) is 0 Å². The fourth-order valence-corrected chi connectivity index (χ4v) is 7.17. The summed E-state index contributed by atoms with van der Waals surface area (Å²) in [6.45, 7) is 0. The number of hydrogen-bond acceptors (Lipinski definition) is 0. The van der Waals surface area contributed by atoms with Gasteiger partial charge in [0.05, 0.1) is 0 Å². The highest BCUT2D eigenvalue weighted by Crippen LogP contribution is 2.80. The van der Waals surface area contributed by atoms with Crippen LogP contribution < -0.4 is 5.30 Å². The molecule has 1 saturated heterocycles. The second-order valence-electron chi connectivity index (χ2n) is 4.68. The summed E-state index contributed by atoms with van der Waals surface area (Å²) in [5.74, 6) is 2.35. The quantitative estimate of drug-likeness (QED) is 0.594. The molecular weight excluding hydrogens is 175 g/mol. The minimum Gasteiger partial charge on any atom is -0.0684 e. The van der Waals surface area contributed by atoms with E-state index in [1.54, 1.807) is 18.1 Å². The molecule has 2 saturated carbocycles. The predicted octanol–water partition coefficient (Wildman–Crippen LogP) is 2.58. The molecule has 0 amide bonds. The Morgan fingerprint density at radius 2 is 1.54 bits per heavy atom. The molecule has 1 heteroatoms. The Balaban J connectivity index is 1.75. The first-order chi connectivity index (χ1) is 6.45. The molecule has 0 bridgehead atoms. The second-order valence-corrected chi connectivity index (χ2v) is 7.33. The Morgan fingerprint density at radius 3 is 2.15 bits per heavy atom. The molecule has 13 heavy (non-hydrogen) atoms. The SMILES string of the molecule is c1ccc(P2[C@@H]3C[C@@H]3[C@@H]3C[C@@H]32)cc1. The Hall–Kier alpha value is -0.350. The van der Waals surface area contributed by atoms with E-state index in [-0.39, 0.29) is 7.92 Å². The maximum absolute atomic E-state index is 2.36. The monoisotopic (exact) mass is 188 g/mol. The van der Waals surface area contributed by atoms with E-state index < -0.39 is 0 Å². The van der Waals surface area contributed by atoms with Crippen molar-refractivity contribution in [2.45, 2.75) is 24.2 Å². The van der Waals surface area contributed by atoms with Crippen LogP contribution in [0.2, 0.25) is 0 Å². The van der Waals surface area contributed by atoms with Crippen molar-refractivity contribution in [1.29, 1.82) is 0 Å². The van der Waals surface area contributed by atoms with Crippen molar-refractivity contribution in [3.05, 3.63) is 30.3 Å². The van der Waals surface area contributed by atoms with Gasteiger partial charge in [0.25, 0.3) is 0 Å². The molecule has 3 aliphatic rings. The Bertz CT molecular complexity index is 329. The van der Waals surface area contributed by atoms with E-state index in [1.165, 1.54) is 11.8 Å². The van der Waals surface area contributed by atoms with Crippen LogP contribution in [0.3, 0.4) is 0 Å². The van der Waals surface area contributed by atoms with Gasteiger partial charge in [-0.3, -0.25) is 0 Å². The number of fused-ring (bicyclic) bond motifs is 3. The van der Waals surface area contributed by atoms with Gasteiger partial charge in [0.1, 0.15) is 0 Å². The molecule has 0 N–H and O–H groups in total. The largest absolute Gasteiger partial charge is 0.0684 e. The van der Waals surface area contributed by atoms with E-state index >= 15 is 0 Å². The maximum Gasteiger partial charge on any atom is -0.0132 e. The average molecular weight is 188 g/mol. The van der Waals surface area contributed by atoms with Gasteiger partial charge in [-0.15, -0.1) is 0 Å². The summed E-state index contributed by atoms with van der Waals surface area (Å²) in [7, 11) is 0.285. The van der Waals surface area contributed by atoms with Crippen LogP contribution in [0.5, 0.6) is 0 Å². The molecule has 1 aromatic carbocycles. The lowest BCUT2D eigenvalue weighted by Gasteiger charge is -2.14. The van der Waals surface area contributed by atoms with Crippen LogP contribution in [0.25, 0.3) is 0 Å². The van der Waals surface area contributed by atoms with Crippen LogP contribution in [0.1, 0.15) is 12.8 Å². The minimum absolute atomic E-state index is 0.285. The molecule has 0 radical (unpaired) electrons. The lowest BCUT2D eigenvalue weighted by molar-refractivity contribution is 0.736. The van der Waals surface area contributed by atoms with E-state index in [0.29, 0.717) is 0 Å². The maximum atomic E-state index is 2.36. The van der Waals surface area contributed by atoms with Crippen LogP contribution in [-0.4, -0.2) is 11.3 Å². The van der Waals surface area contributed by atoms with Gasteiger partial charge >= 0.3 is 0 Å². The summed E-state index contributed by atoms with van der Waals surface area (Å²) in [6.07, 6.45) is 3.14. The number of benzene rings is 1. The third-order valence-corrected chi connectivity index (χ3v) is 7.44. The zero-order valence-electron chi connectivity index (χ0n) is 7.56. The zero-order chi connectivity index (χ0) is 8.41. The van der Waals surface area contributed by atoms with E-state index in [4.69, 9.17) is 0 Å². The summed E-state index contributed by atoms with van der Waals surface area (Å²) >= 11 is 0. The molecule has 0 spiro atoms. The first-order valence-corrected chi connectivity index (χ1v) is 6.76. The molecule has 3 fully saturated rings. The summed E-state index contributed by atoms with van der Waals surface area (Å²) in [4.78, 5) is 0. The van der Waals surface area contributed by atoms with Crippen molar-refractivity contribution < 1.29 is 0 Å². The van der Waals surface area contributed by atoms with Gasteiger partial charge in [-0.25, -0.2) is 0 Å². The minimum atomic E-state index is 0.285. The molecule has 0 nitrogen and oxygen atoms in total. The lowest BCUT2D eigenvalue weighted by Crippen LogP contribution is -2.04. The van der Waals surface area contributed by atoms with E-state index in [0.717, 1.165) is 11.3 Å². The van der Waals surface area contributed by atoms with Gasteiger partial charge in [0, 0.05) is 0 Å². The van der Waals surface area contributed by atoms with Crippen LogP contribution in [-0.2, 0) is 0 Å². The molecule has 4 rings (SSSR count). The molecule has 1 aliphatic heterocycles. The van der Waals surface area contributed by atoms with Crippen LogP contribution in [0.15, 0.2) is 30.3 Å². The highest BCUT2D eigenvalue weighted by atomic mass is 31.1. The highest BCUT2D eigenvalue weighted by Gasteiger charge is 2.67. The lowest BCUT2D eigenvalue weighted by atomic mass is 10.3. The normalized spacial score (nSPS) is 49.7. The third kappa shape index (κ3) is 0.854. The summed E-state index contributed by atoms with van der Waals surface area (Å²) in [5, 5.41) is 1.69. The van der Waals surface area contributed by atoms with Crippen LogP contribution in [0, 0.1) is 11.8 Å². The fourth-order valence-electron chi connectivity index (χ4n) is 3.19. The predicted molar refractivity (Wildman–Crippen MR) is 56.8 cm³/mol. The van der Waals surface area contributed by atoms with Crippen molar-refractivity contribution in [2.75, 3.05) is 0 Å². The number of hydrogen-bond donors (Lipinski definition) is 0. The van der Waals surface area contributed by atoms with Crippen molar-refractivity contribution in [1.82, 2.24) is 0 Å². The Kier molecular flexibility index (Phi) is 1.17. The molecule has 2 aliphatic carbocycles. The molecule has 1 heterocycles. The highest BCUT2D eigenvalue weighted by molar-refractivity contribution is 7.68. The summed E-state index contributed by atoms with van der Waals surface area (Å²) in [6, 6.07) is 11.3. The average Bonchev–Trinajstić information content (AvgIpc) is 3.04. The van der Waals surface area contributed by atoms with Gasteiger partial charge in [-0.2, -0.15) is 0 Å². The second kappa shape index (κ2) is 2.17. The van der Waals surface area contributed by atoms with Gasteiger partial charge < -0.3 is 0 Å². The van der Waals surface area contributed by atoms with Gasteiger partial charge in [0.2, 0.25) is 0 Å². The smallest absolute Gasteiger partial charge is 0.0132 e. The van der Waals surface area contributed by atoms with Gasteiger partial charge in [-0.1, -0.05) is 38.3 Å². The van der Waals surface area contributed by atoms with Crippen molar-refractivity contribution >= 4 is 13.2 Å². The topological polar surface area (TPSA) is 0 Å². The summed E-state index contributed by atoms with van der Waals surface area (Å²) < 4.78 is 0. The molecule has 0 aromatic heterocycles. The van der Waals surface area contributed by atoms with Crippen LogP contribution >= 0.6 is 7.92 Å². The van der Waals surface area contributed by atoms with E-state index in [9.17, 15) is 0 Å². The molecule has 1 aromatic rings. The molecule has 5 atom stereocenters. The molecular formula is C12H13P. The van der Waals surface area contributed by atoms with Crippen LogP contribution in [0.4, 0.5) is 0 Å². The Labute approximate surface area is 80.1 Å². The number of rotatable bonds is 1.